The van der Waals surface area contributed by atoms with E-state index in [1.165, 1.54) is 6.07 Å². The van der Waals surface area contributed by atoms with E-state index in [-0.39, 0.29) is 11.4 Å². The summed E-state index contributed by atoms with van der Waals surface area (Å²) < 4.78 is 32.8. The van der Waals surface area contributed by atoms with Crippen LogP contribution in [0.25, 0.3) is 11.3 Å². The molecule has 0 atom stereocenters. The molecule has 0 aliphatic rings. The van der Waals surface area contributed by atoms with Crippen LogP contribution >= 0.6 is 15.9 Å². The van der Waals surface area contributed by atoms with Gasteiger partial charge in [0, 0.05) is 16.1 Å². The number of nitrogens with one attached hydrogen (secondary N) is 1. The average Bonchev–Trinajstić information content (AvgIpc) is 3.01. The van der Waals surface area contributed by atoms with E-state index in [2.05, 4.69) is 21.2 Å². The predicted molar refractivity (Wildman–Crippen MR) is 86.2 cm³/mol. The third-order valence-electron chi connectivity index (χ3n) is 3.14. The van der Waals surface area contributed by atoms with Crippen LogP contribution in [0, 0.1) is 11.6 Å². The Labute approximate surface area is 139 Å². The molecule has 0 spiro atoms. The molecule has 0 radical (unpaired) electrons. The lowest BCUT2D eigenvalue weighted by Crippen LogP contribution is -2.12. The lowest BCUT2D eigenvalue weighted by atomic mass is 10.2. The Hall–Kier alpha value is -2.47. The Morgan fingerprint density at radius 1 is 1.00 bits per heavy atom. The molecule has 0 aliphatic heterocycles. The molecular weight excluding hydrogens is 368 g/mol. The predicted octanol–water partition coefficient (Wildman–Crippen LogP) is 5.24. The van der Waals surface area contributed by atoms with Crippen LogP contribution in [-0.4, -0.2) is 5.91 Å². The van der Waals surface area contributed by atoms with Crippen LogP contribution in [-0.2, 0) is 0 Å². The third kappa shape index (κ3) is 3.48. The summed E-state index contributed by atoms with van der Waals surface area (Å²) in [6.45, 7) is 0. The molecular formula is C17H10BrF2NO2. The molecule has 3 aromatic rings. The van der Waals surface area contributed by atoms with Crippen LogP contribution in [0.4, 0.5) is 14.5 Å². The fourth-order valence-corrected chi connectivity index (χ4v) is 2.27. The number of amides is 1. The number of hydrogen-bond donors (Lipinski definition) is 1. The topological polar surface area (TPSA) is 42.2 Å². The van der Waals surface area contributed by atoms with Gasteiger partial charge in [-0.2, -0.15) is 0 Å². The van der Waals surface area contributed by atoms with Crippen molar-refractivity contribution in [2.24, 2.45) is 0 Å². The quantitative estimate of drug-likeness (QED) is 0.677. The molecule has 0 saturated carbocycles. The second-order valence-electron chi connectivity index (χ2n) is 4.75. The minimum atomic E-state index is -0.849. The molecule has 3 nitrogen and oxygen atoms in total. The van der Waals surface area contributed by atoms with Crippen LogP contribution in [0.15, 0.2) is 63.5 Å². The summed E-state index contributed by atoms with van der Waals surface area (Å²) in [4.78, 5) is 12.1. The maximum atomic E-state index is 13.5. The van der Waals surface area contributed by atoms with E-state index >= 15 is 0 Å². The molecule has 1 amide bonds. The first kappa shape index (κ1) is 15.4. The SMILES string of the molecule is O=C(Nc1ccc(F)cc1F)c1ccc(-c2ccc(Br)cc2)o1. The lowest BCUT2D eigenvalue weighted by molar-refractivity contribution is 0.0997. The van der Waals surface area contributed by atoms with Gasteiger partial charge < -0.3 is 9.73 Å². The number of furan rings is 1. The van der Waals surface area contributed by atoms with Crippen molar-refractivity contribution in [2.75, 3.05) is 5.32 Å². The summed E-state index contributed by atoms with van der Waals surface area (Å²) in [5.74, 6) is -1.62. The highest BCUT2D eigenvalue weighted by atomic mass is 79.9. The molecule has 0 bridgehead atoms. The molecule has 1 aromatic heterocycles. The Bertz CT molecular complexity index is 859. The van der Waals surface area contributed by atoms with E-state index in [4.69, 9.17) is 4.42 Å². The number of rotatable bonds is 3. The smallest absolute Gasteiger partial charge is 0.291 e. The maximum absolute atomic E-state index is 13.5. The first-order chi connectivity index (χ1) is 11.0. The van der Waals surface area contributed by atoms with Gasteiger partial charge in [0.2, 0.25) is 0 Å². The monoisotopic (exact) mass is 377 g/mol. The molecule has 6 heteroatoms. The zero-order valence-corrected chi connectivity index (χ0v) is 13.2. The van der Waals surface area contributed by atoms with Gasteiger partial charge in [0.25, 0.3) is 5.91 Å². The van der Waals surface area contributed by atoms with Crippen molar-refractivity contribution in [1.82, 2.24) is 0 Å². The highest BCUT2D eigenvalue weighted by Crippen LogP contribution is 2.24. The van der Waals surface area contributed by atoms with Gasteiger partial charge in [0.05, 0.1) is 5.69 Å². The number of benzene rings is 2. The third-order valence-corrected chi connectivity index (χ3v) is 3.67. The number of carbonyl (C=O) groups is 1. The van der Waals surface area contributed by atoms with E-state index in [0.29, 0.717) is 11.8 Å². The van der Waals surface area contributed by atoms with Gasteiger partial charge in [-0.25, -0.2) is 8.78 Å². The van der Waals surface area contributed by atoms with Crippen molar-refractivity contribution in [3.63, 3.8) is 0 Å². The number of halogens is 3. The normalized spacial score (nSPS) is 10.6. The molecule has 0 saturated heterocycles. The van der Waals surface area contributed by atoms with Gasteiger partial charge in [0.1, 0.15) is 17.4 Å². The van der Waals surface area contributed by atoms with E-state index in [0.717, 1.165) is 22.2 Å². The summed E-state index contributed by atoms with van der Waals surface area (Å²) in [5, 5.41) is 2.35. The van der Waals surface area contributed by atoms with Gasteiger partial charge in [-0.05, 0) is 36.4 Å². The molecule has 0 unspecified atom stereocenters. The van der Waals surface area contributed by atoms with Crippen molar-refractivity contribution >= 4 is 27.5 Å². The molecule has 2 aromatic carbocycles. The van der Waals surface area contributed by atoms with Crippen molar-refractivity contribution in [2.45, 2.75) is 0 Å². The van der Waals surface area contributed by atoms with E-state index in [1.54, 1.807) is 6.07 Å². The first-order valence-corrected chi connectivity index (χ1v) is 7.44. The number of anilines is 1. The van der Waals surface area contributed by atoms with Crippen LogP contribution in [0.1, 0.15) is 10.6 Å². The Kier molecular flexibility index (Phi) is 4.25. The Morgan fingerprint density at radius 2 is 1.74 bits per heavy atom. The first-order valence-electron chi connectivity index (χ1n) is 6.65. The van der Waals surface area contributed by atoms with Gasteiger partial charge in [-0.3, -0.25) is 4.79 Å². The molecule has 1 N–H and O–H groups in total. The highest BCUT2D eigenvalue weighted by Gasteiger charge is 2.14. The zero-order chi connectivity index (χ0) is 16.4. The molecule has 0 fully saturated rings. The van der Waals surface area contributed by atoms with Gasteiger partial charge in [-0.1, -0.05) is 28.1 Å². The Morgan fingerprint density at radius 3 is 2.43 bits per heavy atom. The molecule has 0 aliphatic carbocycles. The number of carbonyl (C=O) groups excluding carboxylic acids is 1. The van der Waals surface area contributed by atoms with Gasteiger partial charge in [-0.15, -0.1) is 0 Å². The lowest BCUT2D eigenvalue weighted by Gasteiger charge is -2.04. The van der Waals surface area contributed by atoms with Crippen molar-refractivity contribution in [3.8, 4) is 11.3 Å². The van der Waals surface area contributed by atoms with Gasteiger partial charge in [0.15, 0.2) is 5.76 Å². The highest BCUT2D eigenvalue weighted by molar-refractivity contribution is 9.10. The average molecular weight is 378 g/mol. The van der Waals surface area contributed by atoms with Crippen molar-refractivity contribution < 1.29 is 18.0 Å². The largest absolute Gasteiger partial charge is 0.451 e. The molecule has 1 heterocycles. The molecule has 3 rings (SSSR count). The van der Waals surface area contributed by atoms with Crippen molar-refractivity contribution in [1.29, 1.82) is 0 Å². The molecule has 116 valence electrons. The van der Waals surface area contributed by atoms with Crippen LogP contribution in [0.3, 0.4) is 0 Å². The summed E-state index contributed by atoms with van der Waals surface area (Å²) in [7, 11) is 0. The minimum absolute atomic E-state index is 0.0339. The zero-order valence-electron chi connectivity index (χ0n) is 11.6. The van der Waals surface area contributed by atoms with Crippen LogP contribution in [0.5, 0.6) is 0 Å². The van der Waals surface area contributed by atoms with E-state index in [1.807, 2.05) is 24.3 Å². The van der Waals surface area contributed by atoms with E-state index in [9.17, 15) is 13.6 Å². The van der Waals surface area contributed by atoms with E-state index < -0.39 is 17.5 Å². The minimum Gasteiger partial charge on any atom is -0.451 e. The second kappa shape index (κ2) is 6.34. The fourth-order valence-electron chi connectivity index (χ4n) is 2.00. The number of hydrogen-bond acceptors (Lipinski definition) is 2. The summed E-state index contributed by atoms with van der Waals surface area (Å²) >= 11 is 3.34. The fraction of sp³-hybridized carbons (Fsp3) is 0. The Balaban J connectivity index is 1.79. The summed E-state index contributed by atoms with van der Waals surface area (Å²) in [6.07, 6.45) is 0. The standard InChI is InChI=1S/C17H10BrF2NO2/c18-11-3-1-10(2-4-11)15-7-8-16(23-15)17(22)21-14-6-5-12(19)9-13(14)20/h1-9H,(H,21,22). The van der Waals surface area contributed by atoms with Gasteiger partial charge >= 0.3 is 0 Å². The summed E-state index contributed by atoms with van der Waals surface area (Å²) in [6, 6.07) is 13.4. The van der Waals surface area contributed by atoms with Crippen LogP contribution < -0.4 is 5.32 Å². The second-order valence-corrected chi connectivity index (χ2v) is 5.66. The summed E-state index contributed by atoms with van der Waals surface area (Å²) in [5.41, 5.74) is 0.693. The van der Waals surface area contributed by atoms with Crippen molar-refractivity contribution in [3.05, 3.63) is 76.5 Å². The van der Waals surface area contributed by atoms with Crippen LogP contribution in [0.2, 0.25) is 0 Å². The molecule has 23 heavy (non-hydrogen) atoms. The maximum Gasteiger partial charge on any atom is 0.291 e.